The summed E-state index contributed by atoms with van der Waals surface area (Å²) in [4.78, 5) is 0. The highest BCUT2D eigenvalue weighted by molar-refractivity contribution is 5.48. The van der Waals surface area contributed by atoms with E-state index in [-0.39, 0.29) is 6.04 Å². The van der Waals surface area contributed by atoms with Crippen LogP contribution in [0.15, 0.2) is 48.5 Å². The summed E-state index contributed by atoms with van der Waals surface area (Å²) < 4.78 is 5.23. The molecule has 0 saturated carbocycles. The van der Waals surface area contributed by atoms with Gasteiger partial charge in [0, 0.05) is 5.69 Å². The molecule has 1 N–H and O–H groups in total. The molecule has 0 spiro atoms. The number of methoxy groups -OCH3 is 1. The molecule has 0 amide bonds. The number of nitrogens with one attached hydrogen (secondary N) is 1. The Balaban J connectivity index is 2.05. The van der Waals surface area contributed by atoms with Crippen LogP contribution in [-0.2, 0) is 0 Å². The highest BCUT2D eigenvalue weighted by Crippen LogP contribution is 2.26. The lowest BCUT2D eigenvalue weighted by Crippen LogP contribution is -2.11. The number of hydrogen-bond donors (Lipinski definition) is 1. The Morgan fingerprint density at radius 3 is 2.24 bits per heavy atom. The van der Waals surface area contributed by atoms with Gasteiger partial charge in [0.25, 0.3) is 0 Å². The minimum absolute atomic E-state index is 0.253. The fourth-order valence-corrected chi connectivity index (χ4v) is 2.95. The van der Waals surface area contributed by atoms with Gasteiger partial charge in [-0.05, 0) is 48.4 Å². The third kappa shape index (κ3) is 6.15. The number of anilines is 1. The van der Waals surface area contributed by atoms with Crippen LogP contribution in [0.5, 0.6) is 5.75 Å². The average molecular weight is 336 g/mol. The number of nitriles is 1. The molecule has 2 aromatic rings. The van der Waals surface area contributed by atoms with Crippen molar-refractivity contribution in [1.82, 2.24) is 0 Å². The Kier molecular flexibility index (Phi) is 7.85. The first kappa shape index (κ1) is 18.9. The second-order valence-electron chi connectivity index (χ2n) is 6.36. The van der Waals surface area contributed by atoms with Crippen LogP contribution in [0.2, 0.25) is 0 Å². The van der Waals surface area contributed by atoms with Crippen molar-refractivity contribution in [2.75, 3.05) is 12.4 Å². The first-order chi connectivity index (χ1) is 12.3. The number of nitrogens with zero attached hydrogens (tertiary/aromatic N) is 1. The summed E-state index contributed by atoms with van der Waals surface area (Å²) in [5.41, 5.74) is 3.02. The molecule has 0 heterocycles. The second-order valence-corrected chi connectivity index (χ2v) is 6.36. The molecule has 0 aromatic heterocycles. The monoisotopic (exact) mass is 336 g/mol. The van der Waals surface area contributed by atoms with Crippen LogP contribution in [0.4, 0.5) is 5.69 Å². The van der Waals surface area contributed by atoms with Crippen molar-refractivity contribution in [3.05, 3.63) is 59.7 Å². The maximum atomic E-state index is 9.00. The fourth-order valence-electron chi connectivity index (χ4n) is 2.95. The summed E-state index contributed by atoms with van der Waals surface area (Å²) in [7, 11) is 1.68. The summed E-state index contributed by atoms with van der Waals surface area (Å²) in [6.07, 6.45) is 7.44. The van der Waals surface area contributed by atoms with Gasteiger partial charge in [-0.3, -0.25) is 0 Å². The molecule has 1 atom stereocenters. The molecule has 0 saturated heterocycles. The van der Waals surface area contributed by atoms with Gasteiger partial charge in [-0.2, -0.15) is 5.26 Å². The predicted molar refractivity (Wildman–Crippen MR) is 104 cm³/mol. The Morgan fingerprint density at radius 2 is 1.64 bits per heavy atom. The Hall–Kier alpha value is -2.47. The maximum Gasteiger partial charge on any atom is 0.119 e. The van der Waals surface area contributed by atoms with Crippen LogP contribution in [0.1, 0.15) is 62.6 Å². The van der Waals surface area contributed by atoms with Crippen molar-refractivity contribution in [3.63, 3.8) is 0 Å². The molecule has 132 valence electrons. The minimum Gasteiger partial charge on any atom is -0.497 e. The van der Waals surface area contributed by atoms with Crippen LogP contribution in [0.3, 0.4) is 0 Å². The minimum atomic E-state index is 0.253. The van der Waals surface area contributed by atoms with Gasteiger partial charge in [-0.1, -0.05) is 51.2 Å². The van der Waals surface area contributed by atoms with Crippen LogP contribution in [-0.4, -0.2) is 7.11 Å². The lowest BCUT2D eigenvalue weighted by Gasteiger charge is -2.21. The number of unbranched alkanes of at least 4 members (excludes halogenated alkanes) is 4. The van der Waals surface area contributed by atoms with E-state index in [1.54, 1.807) is 7.11 Å². The largest absolute Gasteiger partial charge is 0.497 e. The van der Waals surface area contributed by atoms with Crippen molar-refractivity contribution >= 4 is 5.69 Å². The van der Waals surface area contributed by atoms with Crippen LogP contribution >= 0.6 is 0 Å². The number of benzene rings is 2. The molecular formula is C22H28N2O. The smallest absolute Gasteiger partial charge is 0.119 e. The van der Waals surface area contributed by atoms with Crippen LogP contribution in [0.25, 0.3) is 0 Å². The molecule has 25 heavy (non-hydrogen) atoms. The molecule has 0 radical (unpaired) electrons. The summed E-state index contributed by atoms with van der Waals surface area (Å²) in [6, 6.07) is 18.4. The number of ether oxygens (including phenoxy) is 1. The van der Waals surface area contributed by atoms with Gasteiger partial charge in [-0.25, -0.2) is 0 Å². The van der Waals surface area contributed by atoms with E-state index in [2.05, 4.69) is 30.4 Å². The Morgan fingerprint density at radius 1 is 0.960 bits per heavy atom. The zero-order valence-corrected chi connectivity index (χ0v) is 15.3. The highest BCUT2D eigenvalue weighted by atomic mass is 16.5. The average Bonchev–Trinajstić information content (AvgIpc) is 2.67. The topological polar surface area (TPSA) is 45.0 Å². The molecule has 3 nitrogen and oxygen atoms in total. The fraction of sp³-hybridized carbons (Fsp3) is 0.409. The van der Waals surface area contributed by atoms with E-state index in [4.69, 9.17) is 10.00 Å². The third-order valence-electron chi connectivity index (χ3n) is 4.47. The summed E-state index contributed by atoms with van der Waals surface area (Å²) in [5.74, 6) is 0.861. The quantitative estimate of drug-likeness (QED) is 0.535. The van der Waals surface area contributed by atoms with Crippen molar-refractivity contribution < 1.29 is 4.74 Å². The first-order valence-electron chi connectivity index (χ1n) is 9.17. The maximum absolute atomic E-state index is 9.00. The SMILES string of the molecule is CCCCCCCC(Nc1ccc(OC)cc1)c1ccc(C#N)cc1. The van der Waals surface area contributed by atoms with E-state index in [9.17, 15) is 0 Å². The van der Waals surface area contributed by atoms with E-state index < -0.39 is 0 Å². The lowest BCUT2D eigenvalue weighted by atomic mass is 9.98. The standard InChI is InChI=1S/C22H28N2O/c1-3-4-5-6-7-8-22(19-11-9-18(17-23)10-12-19)24-20-13-15-21(25-2)16-14-20/h9-16,22,24H,3-8H2,1-2H3. The van der Waals surface area contributed by atoms with Crippen LogP contribution < -0.4 is 10.1 Å². The lowest BCUT2D eigenvalue weighted by molar-refractivity contribution is 0.415. The molecule has 0 aliphatic carbocycles. The van der Waals surface area contributed by atoms with Gasteiger partial charge >= 0.3 is 0 Å². The molecule has 0 aliphatic heterocycles. The first-order valence-corrected chi connectivity index (χ1v) is 9.17. The van der Waals surface area contributed by atoms with Gasteiger partial charge < -0.3 is 10.1 Å². The molecule has 2 aromatic carbocycles. The van der Waals surface area contributed by atoms with Gasteiger partial charge in [0.05, 0.1) is 24.8 Å². The van der Waals surface area contributed by atoms with E-state index in [1.165, 1.54) is 37.7 Å². The summed E-state index contributed by atoms with van der Waals surface area (Å²) >= 11 is 0. The van der Waals surface area contributed by atoms with Gasteiger partial charge in [0.15, 0.2) is 0 Å². The van der Waals surface area contributed by atoms with E-state index >= 15 is 0 Å². The van der Waals surface area contributed by atoms with Gasteiger partial charge in [0.2, 0.25) is 0 Å². The zero-order chi connectivity index (χ0) is 17.9. The van der Waals surface area contributed by atoms with Crippen molar-refractivity contribution in [2.24, 2.45) is 0 Å². The van der Waals surface area contributed by atoms with Crippen molar-refractivity contribution in [1.29, 1.82) is 5.26 Å². The van der Waals surface area contributed by atoms with Gasteiger partial charge in [-0.15, -0.1) is 0 Å². The molecule has 2 rings (SSSR count). The van der Waals surface area contributed by atoms with Gasteiger partial charge in [0.1, 0.15) is 5.75 Å². The summed E-state index contributed by atoms with van der Waals surface area (Å²) in [5, 5.41) is 12.6. The molecule has 3 heteroatoms. The van der Waals surface area contributed by atoms with Crippen molar-refractivity contribution in [2.45, 2.75) is 51.5 Å². The highest BCUT2D eigenvalue weighted by Gasteiger charge is 2.11. The normalized spacial score (nSPS) is 11.6. The molecule has 0 fully saturated rings. The van der Waals surface area contributed by atoms with E-state index in [1.807, 2.05) is 36.4 Å². The summed E-state index contributed by atoms with van der Waals surface area (Å²) in [6.45, 7) is 2.24. The zero-order valence-electron chi connectivity index (χ0n) is 15.3. The molecular weight excluding hydrogens is 308 g/mol. The van der Waals surface area contributed by atoms with E-state index in [0.717, 1.165) is 17.9 Å². The van der Waals surface area contributed by atoms with E-state index in [0.29, 0.717) is 5.56 Å². The number of rotatable bonds is 10. The Bertz CT molecular complexity index is 656. The third-order valence-corrected chi connectivity index (χ3v) is 4.47. The molecule has 1 unspecified atom stereocenters. The van der Waals surface area contributed by atoms with Crippen molar-refractivity contribution in [3.8, 4) is 11.8 Å². The number of hydrogen-bond acceptors (Lipinski definition) is 3. The Labute approximate surface area is 151 Å². The second kappa shape index (κ2) is 10.4. The van der Waals surface area contributed by atoms with Crippen LogP contribution in [0, 0.1) is 11.3 Å². The molecule has 0 aliphatic rings. The predicted octanol–water partition coefficient (Wildman–Crippen LogP) is 6.08. The molecule has 0 bridgehead atoms.